The van der Waals surface area contributed by atoms with Gasteiger partial charge in [-0.2, -0.15) is 0 Å². The lowest BCUT2D eigenvalue weighted by Gasteiger charge is -2.36. The minimum Gasteiger partial charge on any atom is -0.508 e. The van der Waals surface area contributed by atoms with Crippen molar-refractivity contribution in [2.75, 3.05) is 5.32 Å². The van der Waals surface area contributed by atoms with Crippen molar-refractivity contribution in [3.63, 3.8) is 0 Å². The molecule has 2 aromatic rings. The van der Waals surface area contributed by atoms with Gasteiger partial charge in [0.05, 0.1) is 0 Å². The summed E-state index contributed by atoms with van der Waals surface area (Å²) in [6.45, 7) is 16.6. The maximum Gasteiger partial charge on any atom is 0.408 e. The fourth-order valence-corrected chi connectivity index (χ4v) is 4.77. The summed E-state index contributed by atoms with van der Waals surface area (Å²) >= 11 is 0. The van der Waals surface area contributed by atoms with Gasteiger partial charge in [-0.1, -0.05) is 45.0 Å². The Bertz CT molecular complexity index is 1210. The van der Waals surface area contributed by atoms with E-state index in [9.17, 15) is 19.5 Å². The number of nitrogens with one attached hydrogen (secondary N) is 2. The van der Waals surface area contributed by atoms with Crippen LogP contribution in [0.1, 0.15) is 76.3 Å². The zero-order valence-corrected chi connectivity index (χ0v) is 24.6. The average molecular weight is 538 g/mol. The number of hydrogen-bond donors (Lipinski definition) is 3. The number of carbonyl (C=O) groups is 3. The van der Waals surface area contributed by atoms with Gasteiger partial charge in [0.25, 0.3) is 5.91 Å². The van der Waals surface area contributed by atoms with Gasteiger partial charge >= 0.3 is 6.09 Å². The standard InChI is InChI=1S/C31H43N3O5/c1-17(2)25(33-30(38)39-31(7,8)9)29(37)34(23-16-20(23)5)27(22-13-14-24(35)21(6)15-22)28(36)32-26-18(3)11-10-12-19(26)4/h10-15,17,20,23,25,27,35H,16H2,1-9H3,(H,32,36)(H,33,38). The van der Waals surface area contributed by atoms with Gasteiger partial charge < -0.3 is 25.4 Å². The van der Waals surface area contributed by atoms with Crippen LogP contribution in [-0.2, 0) is 14.3 Å². The Morgan fingerprint density at radius 3 is 2.10 bits per heavy atom. The van der Waals surface area contributed by atoms with Crippen molar-refractivity contribution >= 4 is 23.6 Å². The van der Waals surface area contributed by atoms with Crippen molar-refractivity contribution in [3.8, 4) is 5.75 Å². The number of para-hydroxylation sites is 1. The quantitative estimate of drug-likeness (QED) is 0.395. The molecule has 212 valence electrons. The highest BCUT2D eigenvalue weighted by atomic mass is 16.6. The van der Waals surface area contributed by atoms with Crippen LogP contribution in [0, 0.1) is 32.6 Å². The van der Waals surface area contributed by atoms with E-state index in [0.29, 0.717) is 16.8 Å². The first kappa shape index (κ1) is 30.0. The Balaban J connectivity index is 2.08. The Hall–Kier alpha value is -3.55. The number of aryl methyl sites for hydroxylation is 3. The van der Waals surface area contributed by atoms with Crippen LogP contribution in [0.4, 0.5) is 10.5 Å². The topological polar surface area (TPSA) is 108 Å². The van der Waals surface area contributed by atoms with E-state index >= 15 is 0 Å². The summed E-state index contributed by atoms with van der Waals surface area (Å²) in [5.74, 6) is -0.665. The van der Waals surface area contributed by atoms with Crippen LogP contribution < -0.4 is 10.6 Å². The molecule has 8 nitrogen and oxygen atoms in total. The number of alkyl carbamates (subject to hydrolysis) is 1. The molecular formula is C31H43N3O5. The second kappa shape index (κ2) is 11.7. The number of phenolic OH excluding ortho intramolecular Hbond substituents is 1. The summed E-state index contributed by atoms with van der Waals surface area (Å²) in [6.07, 6.45) is 0.0584. The summed E-state index contributed by atoms with van der Waals surface area (Å²) in [5, 5.41) is 16.0. The lowest BCUT2D eigenvalue weighted by atomic mass is 9.97. The van der Waals surface area contributed by atoms with Gasteiger partial charge in [-0.05, 0) is 94.2 Å². The molecule has 0 aromatic heterocycles. The minimum atomic E-state index is -0.979. The molecule has 4 atom stereocenters. The van der Waals surface area contributed by atoms with E-state index in [0.717, 1.165) is 17.5 Å². The highest BCUT2D eigenvalue weighted by molar-refractivity contribution is 6.00. The van der Waals surface area contributed by atoms with Crippen LogP contribution in [0.15, 0.2) is 36.4 Å². The van der Waals surface area contributed by atoms with Gasteiger partial charge in [0.2, 0.25) is 5.91 Å². The zero-order chi connectivity index (χ0) is 29.2. The van der Waals surface area contributed by atoms with Gasteiger partial charge in [0, 0.05) is 11.7 Å². The number of anilines is 1. The van der Waals surface area contributed by atoms with Crippen molar-refractivity contribution in [2.45, 2.75) is 92.5 Å². The number of benzene rings is 2. The van der Waals surface area contributed by atoms with Crippen molar-refractivity contribution in [2.24, 2.45) is 11.8 Å². The Kier molecular flexibility index (Phi) is 8.98. The van der Waals surface area contributed by atoms with E-state index in [2.05, 4.69) is 10.6 Å². The van der Waals surface area contributed by atoms with Crippen molar-refractivity contribution in [1.29, 1.82) is 0 Å². The number of aromatic hydroxyl groups is 1. The van der Waals surface area contributed by atoms with Crippen LogP contribution in [-0.4, -0.2) is 45.6 Å². The molecule has 1 saturated carbocycles. The summed E-state index contributed by atoms with van der Waals surface area (Å²) in [5.41, 5.74) is 2.98. The molecule has 0 spiro atoms. The number of nitrogens with zero attached hydrogens (tertiary/aromatic N) is 1. The fourth-order valence-electron chi connectivity index (χ4n) is 4.77. The Morgan fingerprint density at radius 1 is 1.03 bits per heavy atom. The number of ether oxygens (including phenoxy) is 1. The minimum absolute atomic E-state index is 0.108. The molecule has 3 rings (SSSR count). The molecule has 1 aliphatic carbocycles. The number of rotatable bonds is 8. The van der Waals surface area contributed by atoms with E-state index in [4.69, 9.17) is 4.74 Å². The van der Waals surface area contributed by atoms with E-state index in [1.165, 1.54) is 0 Å². The molecule has 1 fully saturated rings. The summed E-state index contributed by atoms with van der Waals surface area (Å²) in [7, 11) is 0. The smallest absolute Gasteiger partial charge is 0.408 e. The van der Waals surface area contributed by atoms with Crippen LogP contribution in [0.2, 0.25) is 0 Å². The molecule has 1 aliphatic rings. The number of amides is 3. The average Bonchev–Trinajstić information content (AvgIpc) is 3.54. The molecule has 8 heteroatoms. The zero-order valence-electron chi connectivity index (χ0n) is 24.6. The van der Waals surface area contributed by atoms with Crippen molar-refractivity contribution in [1.82, 2.24) is 10.2 Å². The first-order chi connectivity index (χ1) is 18.1. The van der Waals surface area contributed by atoms with E-state index < -0.39 is 23.8 Å². The summed E-state index contributed by atoms with van der Waals surface area (Å²) in [6, 6.07) is 8.68. The van der Waals surface area contributed by atoms with Gasteiger partial charge in [0.1, 0.15) is 23.4 Å². The maximum absolute atomic E-state index is 14.3. The molecule has 3 amide bonds. The van der Waals surface area contributed by atoms with E-state index in [-0.39, 0.29) is 35.4 Å². The molecular weight excluding hydrogens is 494 g/mol. The highest BCUT2D eigenvalue weighted by Crippen LogP contribution is 2.42. The lowest BCUT2D eigenvalue weighted by molar-refractivity contribution is -0.142. The van der Waals surface area contributed by atoms with Crippen LogP contribution in [0.5, 0.6) is 5.75 Å². The fraction of sp³-hybridized carbons (Fsp3) is 0.516. The van der Waals surface area contributed by atoms with E-state index in [1.54, 1.807) is 50.8 Å². The van der Waals surface area contributed by atoms with Crippen LogP contribution in [0.25, 0.3) is 0 Å². The summed E-state index contributed by atoms with van der Waals surface area (Å²) < 4.78 is 5.44. The van der Waals surface area contributed by atoms with Crippen molar-refractivity contribution in [3.05, 3.63) is 58.7 Å². The Labute approximate surface area is 232 Å². The predicted molar refractivity (Wildman–Crippen MR) is 153 cm³/mol. The maximum atomic E-state index is 14.3. The highest BCUT2D eigenvalue weighted by Gasteiger charge is 2.48. The SMILES string of the molecule is Cc1cc(C(C(=O)Nc2c(C)cccc2C)N(C(=O)C(NC(=O)OC(C)(C)C)C(C)C)C2CC2C)ccc1O. The second-order valence-corrected chi connectivity index (χ2v) is 12.1. The molecule has 3 N–H and O–H groups in total. The first-order valence-electron chi connectivity index (χ1n) is 13.6. The molecule has 0 radical (unpaired) electrons. The second-order valence-electron chi connectivity index (χ2n) is 12.1. The van der Waals surface area contributed by atoms with Gasteiger partial charge in [-0.3, -0.25) is 9.59 Å². The van der Waals surface area contributed by atoms with Crippen molar-refractivity contribution < 1.29 is 24.2 Å². The molecule has 0 bridgehead atoms. The largest absolute Gasteiger partial charge is 0.508 e. The van der Waals surface area contributed by atoms with Gasteiger partial charge in [-0.25, -0.2) is 4.79 Å². The monoisotopic (exact) mass is 537 g/mol. The molecule has 0 saturated heterocycles. The Morgan fingerprint density at radius 2 is 1.62 bits per heavy atom. The molecule has 0 heterocycles. The summed E-state index contributed by atoms with van der Waals surface area (Å²) in [4.78, 5) is 42.8. The molecule has 4 unspecified atom stereocenters. The number of carbonyl (C=O) groups excluding carboxylic acids is 3. The normalized spacial score (nSPS) is 18.2. The van der Waals surface area contributed by atoms with Gasteiger partial charge in [0.15, 0.2) is 0 Å². The van der Waals surface area contributed by atoms with E-state index in [1.807, 2.05) is 52.8 Å². The van der Waals surface area contributed by atoms with Gasteiger partial charge in [-0.15, -0.1) is 0 Å². The first-order valence-corrected chi connectivity index (χ1v) is 13.6. The number of hydrogen-bond acceptors (Lipinski definition) is 5. The molecule has 0 aliphatic heterocycles. The lowest BCUT2D eigenvalue weighted by Crippen LogP contribution is -2.55. The number of phenols is 1. The van der Waals surface area contributed by atoms with Crippen LogP contribution in [0.3, 0.4) is 0 Å². The molecule has 39 heavy (non-hydrogen) atoms. The third kappa shape index (κ3) is 7.31. The third-order valence-corrected chi connectivity index (χ3v) is 7.08. The molecule has 2 aromatic carbocycles. The van der Waals surface area contributed by atoms with Crippen LogP contribution >= 0.6 is 0 Å². The predicted octanol–water partition coefficient (Wildman–Crippen LogP) is 5.78. The third-order valence-electron chi connectivity index (χ3n) is 7.08.